The zero-order chi connectivity index (χ0) is 11.5. The first-order valence-corrected chi connectivity index (χ1v) is 5.41. The van der Waals surface area contributed by atoms with Gasteiger partial charge in [-0.25, -0.2) is 0 Å². The monoisotopic (exact) mass is 207 g/mol. The molecule has 1 aromatic carbocycles. The van der Waals surface area contributed by atoms with Crippen LogP contribution in [0.5, 0.6) is 0 Å². The molecule has 1 rings (SSSR count). The second kappa shape index (κ2) is 4.77. The summed E-state index contributed by atoms with van der Waals surface area (Å²) in [4.78, 5) is 0. The Hall–Kier alpha value is -0.860. The number of aliphatic hydroxyl groups is 1. The van der Waals surface area contributed by atoms with Crippen molar-refractivity contribution in [2.75, 3.05) is 13.2 Å². The molecule has 1 unspecified atom stereocenters. The van der Waals surface area contributed by atoms with Crippen LogP contribution in [0.4, 0.5) is 0 Å². The largest absolute Gasteiger partial charge is 0.396 e. The van der Waals surface area contributed by atoms with Crippen molar-refractivity contribution in [1.29, 1.82) is 0 Å². The average Bonchev–Trinajstić information content (AvgIpc) is 2.19. The number of rotatable bonds is 3. The van der Waals surface area contributed by atoms with Crippen molar-refractivity contribution in [1.82, 2.24) is 0 Å². The fourth-order valence-corrected chi connectivity index (χ4v) is 1.84. The van der Waals surface area contributed by atoms with Crippen LogP contribution in [0.3, 0.4) is 0 Å². The van der Waals surface area contributed by atoms with E-state index in [0.29, 0.717) is 6.54 Å². The molecule has 0 saturated heterocycles. The first-order valence-electron chi connectivity index (χ1n) is 5.41. The molecular weight excluding hydrogens is 186 g/mol. The third-order valence-electron chi connectivity index (χ3n) is 2.71. The van der Waals surface area contributed by atoms with Crippen molar-refractivity contribution in [3.63, 3.8) is 0 Å². The molecule has 84 valence electrons. The summed E-state index contributed by atoms with van der Waals surface area (Å²) in [6.07, 6.45) is 0. The first kappa shape index (κ1) is 12.2. The van der Waals surface area contributed by atoms with E-state index in [4.69, 9.17) is 5.73 Å². The van der Waals surface area contributed by atoms with Crippen LogP contribution in [-0.2, 0) is 5.41 Å². The highest BCUT2D eigenvalue weighted by Crippen LogP contribution is 2.29. The fourth-order valence-electron chi connectivity index (χ4n) is 1.84. The Balaban J connectivity index is 3.17. The molecule has 1 aromatic rings. The van der Waals surface area contributed by atoms with E-state index >= 15 is 0 Å². The molecule has 0 aliphatic carbocycles. The molecular formula is C13H21NO. The molecule has 3 N–H and O–H groups in total. The standard InChI is InChI=1S/C13H21NO/c1-13(2,3)12-7-5-4-6-11(12)10(8-14)9-15/h4-7,10,15H,8-9,14H2,1-3H3. The van der Waals surface area contributed by atoms with Crippen LogP contribution >= 0.6 is 0 Å². The Labute approximate surface area is 92.1 Å². The van der Waals surface area contributed by atoms with E-state index in [1.54, 1.807) is 0 Å². The highest BCUT2D eigenvalue weighted by molar-refractivity contribution is 5.35. The van der Waals surface area contributed by atoms with E-state index in [9.17, 15) is 5.11 Å². The summed E-state index contributed by atoms with van der Waals surface area (Å²) in [7, 11) is 0. The summed E-state index contributed by atoms with van der Waals surface area (Å²) in [6, 6.07) is 8.22. The number of hydrogen-bond donors (Lipinski definition) is 2. The SMILES string of the molecule is CC(C)(C)c1ccccc1C(CN)CO. The van der Waals surface area contributed by atoms with Gasteiger partial charge in [0, 0.05) is 12.5 Å². The molecule has 0 spiro atoms. The number of hydrogen-bond acceptors (Lipinski definition) is 2. The van der Waals surface area contributed by atoms with Crippen molar-refractivity contribution >= 4 is 0 Å². The molecule has 0 heterocycles. The lowest BCUT2D eigenvalue weighted by atomic mass is 9.80. The lowest BCUT2D eigenvalue weighted by Crippen LogP contribution is -2.22. The zero-order valence-corrected chi connectivity index (χ0v) is 9.83. The van der Waals surface area contributed by atoms with Crippen LogP contribution in [0.1, 0.15) is 37.8 Å². The number of nitrogens with two attached hydrogens (primary N) is 1. The van der Waals surface area contributed by atoms with Crippen molar-refractivity contribution in [3.05, 3.63) is 35.4 Å². The van der Waals surface area contributed by atoms with Gasteiger partial charge < -0.3 is 10.8 Å². The van der Waals surface area contributed by atoms with Crippen LogP contribution in [-0.4, -0.2) is 18.3 Å². The lowest BCUT2D eigenvalue weighted by molar-refractivity contribution is 0.266. The van der Waals surface area contributed by atoms with E-state index in [0.717, 1.165) is 0 Å². The van der Waals surface area contributed by atoms with E-state index in [2.05, 4.69) is 32.9 Å². The molecule has 0 radical (unpaired) electrons. The Kier molecular flexibility index (Phi) is 3.89. The van der Waals surface area contributed by atoms with Crippen LogP contribution in [0.25, 0.3) is 0 Å². The highest BCUT2D eigenvalue weighted by atomic mass is 16.3. The second-order valence-electron chi connectivity index (χ2n) is 4.95. The van der Waals surface area contributed by atoms with E-state index in [-0.39, 0.29) is 17.9 Å². The van der Waals surface area contributed by atoms with Crippen molar-refractivity contribution in [3.8, 4) is 0 Å². The molecule has 2 nitrogen and oxygen atoms in total. The quantitative estimate of drug-likeness (QED) is 0.796. The molecule has 0 aliphatic heterocycles. The normalized spacial score (nSPS) is 13.9. The minimum Gasteiger partial charge on any atom is -0.396 e. The topological polar surface area (TPSA) is 46.2 Å². The summed E-state index contributed by atoms with van der Waals surface area (Å²) in [6.45, 7) is 7.14. The summed E-state index contributed by atoms with van der Waals surface area (Å²) in [5.74, 6) is 0.0559. The second-order valence-corrected chi connectivity index (χ2v) is 4.95. The summed E-state index contributed by atoms with van der Waals surface area (Å²) in [5, 5.41) is 9.29. The molecule has 0 saturated carbocycles. The van der Waals surface area contributed by atoms with Gasteiger partial charge >= 0.3 is 0 Å². The first-order chi connectivity index (χ1) is 7.00. The third kappa shape index (κ3) is 2.80. The fraction of sp³-hybridized carbons (Fsp3) is 0.538. The maximum absolute atomic E-state index is 9.29. The highest BCUT2D eigenvalue weighted by Gasteiger charge is 2.21. The number of benzene rings is 1. The molecule has 0 aliphatic rings. The maximum Gasteiger partial charge on any atom is 0.0512 e. The van der Waals surface area contributed by atoms with Gasteiger partial charge in [-0.3, -0.25) is 0 Å². The van der Waals surface area contributed by atoms with Gasteiger partial charge in [0.1, 0.15) is 0 Å². The summed E-state index contributed by atoms with van der Waals surface area (Å²) < 4.78 is 0. The Bertz CT molecular complexity index is 311. The predicted molar refractivity (Wildman–Crippen MR) is 64.0 cm³/mol. The zero-order valence-electron chi connectivity index (χ0n) is 9.83. The molecule has 0 fully saturated rings. The molecule has 15 heavy (non-hydrogen) atoms. The molecule has 2 heteroatoms. The maximum atomic E-state index is 9.29. The minimum atomic E-state index is 0.0559. The predicted octanol–water partition coefficient (Wildman–Crippen LogP) is 2.02. The van der Waals surface area contributed by atoms with Gasteiger partial charge in [0.05, 0.1) is 6.61 Å². The molecule has 0 amide bonds. The molecule has 1 atom stereocenters. The third-order valence-corrected chi connectivity index (χ3v) is 2.71. The van der Waals surface area contributed by atoms with Gasteiger partial charge in [-0.1, -0.05) is 45.0 Å². The average molecular weight is 207 g/mol. The Morgan fingerprint density at radius 1 is 1.27 bits per heavy atom. The lowest BCUT2D eigenvalue weighted by Gasteiger charge is -2.26. The van der Waals surface area contributed by atoms with Crippen molar-refractivity contribution < 1.29 is 5.11 Å². The minimum absolute atomic E-state index is 0.0559. The van der Waals surface area contributed by atoms with Gasteiger partial charge in [-0.05, 0) is 16.5 Å². The van der Waals surface area contributed by atoms with Gasteiger partial charge in [0.15, 0.2) is 0 Å². The van der Waals surface area contributed by atoms with Crippen molar-refractivity contribution in [2.24, 2.45) is 5.73 Å². The van der Waals surface area contributed by atoms with Crippen LogP contribution in [0, 0.1) is 0 Å². The van der Waals surface area contributed by atoms with Gasteiger partial charge in [-0.15, -0.1) is 0 Å². The Morgan fingerprint density at radius 2 is 1.87 bits per heavy atom. The van der Waals surface area contributed by atoms with Crippen LogP contribution < -0.4 is 5.73 Å². The van der Waals surface area contributed by atoms with Crippen LogP contribution in [0.15, 0.2) is 24.3 Å². The van der Waals surface area contributed by atoms with E-state index in [1.807, 2.05) is 12.1 Å². The van der Waals surface area contributed by atoms with Gasteiger partial charge in [0.25, 0.3) is 0 Å². The number of aliphatic hydroxyl groups excluding tert-OH is 1. The summed E-state index contributed by atoms with van der Waals surface area (Å²) >= 11 is 0. The van der Waals surface area contributed by atoms with Crippen molar-refractivity contribution in [2.45, 2.75) is 32.1 Å². The molecule has 0 aromatic heterocycles. The molecule has 0 bridgehead atoms. The van der Waals surface area contributed by atoms with E-state index in [1.165, 1.54) is 11.1 Å². The Morgan fingerprint density at radius 3 is 2.33 bits per heavy atom. The van der Waals surface area contributed by atoms with E-state index < -0.39 is 0 Å². The van der Waals surface area contributed by atoms with Gasteiger partial charge in [0.2, 0.25) is 0 Å². The summed E-state index contributed by atoms with van der Waals surface area (Å²) in [5.41, 5.74) is 8.21. The smallest absolute Gasteiger partial charge is 0.0512 e. The van der Waals surface area contributed by atoms with Gasteiger partial charge in [-0.2, -0.15) is 0 Å². The van der Waals surface area contributed by atoms with Crippen LogP contribution in [0.2, 0.25) is 0 Å².